The summed E-state index contributed by atoms with van der Waals surface area (Å²) in [4.78, 5) is 14.0. The molecule has 2 fully saturated rings. The van der Waals surface area contributed by atoms with Crippen molar-refractivity contribution in [3.63, 3.8) is 0 Å². The van der Waals surface area contributed by atoms with Gasteiger partial charge >= 0.3 is 6.03 Å². The number of aromatic nitrogens is 2. The number of carbonyl (C=O) groups excluding carboxylic acids is 1. The fraction of sp³-hybridized carbons (Fsp3) is 0.750. The summed E-state index contributed by atoms with van der Waals surface area (Å²) in [5, 5.41) is 9.83. The minimum atomic E-state index is -0.844. The van der Waals surface area contributed by atoms with Gasteiger partial charge in [0.05, 0.1) is 12.3 Å². The molecule has 2 saturated heterocycles. The SMILES string of the molecule is Cn1cc(CN2C[C@@H](F)C[C@H]2CNC(=O)NCC2CCCO2)cn1. The van der Waals surface area contributed by atoms with Crippen LogP contribution in [0.1, 0.15) is 24.8 Å². The number of carbonyl (C=O) groups is 1. The van der Waals surface area contributed by atoms with E-state index in [1.807, 2.05) is 13.2 Å². The van der Waals surface area contributed by atoms with Gasteiger partial charge in [0.2, 0.25) is 0 Å². The molecule has 0 saturated carbocycles. The van der Waals surface area contributed by atoms with Crippen LogP contribution in [0, 0.1) is 0 Å². The zero-order valence-electron chi connectivity index (χ0n) is 14.1. The molecule has 0 bridgehead atoms. The van der Waals surface area contributed by atoms with Crippen LogP contribution >= 0.6 is 0 Å². The standard InChI is InChI=1S/C16H26FN5O2/c1-21-9-12(6-20-21)10-22-11-13(17)5-14(22)7-18-16(23)19-8-15-3-2-4-24-15/h6,9,13-15H,2-5,7-8,10-11H2,1H3,(H2,18,19,23)/t13-,14-,15?/m0/s1. The third-order valence-corrected chi connectivity index (χ3v) is 4.63. The molecular weight excluding hydrogens is 313 g/mol. The predicted octanol–water partition coefficient (Wildman–Crippen LogP) is 0.811. The average Bonchev–Trinajstić information content (AvgIpc) is 3.26. The highest BCUT2D eigenvalue weighted by Crippen LogP contribution is 2.22. The molecule has 134 valence electrons. The number of ether oxygens (including phenoxy) is 1. The summed E-state index contributed by atoms with van der Waals surface area (Å²) in [5.41, 5.74) is 1.06. The molecule has 0 spiro atoms. The van der Waals surface area contributed by atoms with E-state index in [1.54, 1.807) is 10.9 Å². The number of amides is 2. The first-order valence-corrected chi connectivity index (χ1v) is 8.59. The van der Waals surface area contributed by atoms with Gasteiger partial charge < -0.3 is 15.4 Å². The third-order valence-electron chi connectivity index (χ3n) is 4.63. The van der Waals surface area contributed by atoms with Crippen molar-refractivity contribution < 1.29 is 13.9 Å². The highest BCUT2D eigenvalue weighted by Gasteiger charge is 2.32. The second kappa shape index (κ2) is 7.94. The Bertz CT molecular complexity index is 546. The van der Waals surface area contributed by atoms with Crippen LogP contribution in [0.25, 0.3) is 0 Å². The molecule has 1 aromatic heterocycles. The van der Waals surface area contributed by atoms with E-state index < -0.39 is 6.17 Å². The highest BCUT2D eigenvalue weighted by atomic mass is 19.1. The zero-order valence-corrected chi connectivity index (χ0v) is 14.1. The van der Waals surface area contributed by atoms with Crippen molar-refractivity contribution >= 4 is 6.03 Å². The Morgan fingerprint density at radius 3 is 3.00 bits per heavy atom. The number of hydrogen-bond donors (Lipinski definition) is 2. The maximum Gasteiger partial charge on any atom is 0.314 e. The van der Waals surface area contributed by atoms with Crippen molar-refractivity contribution in [2.75, 3.05) is 26.2 Å². The number of urea groups is 1. The maximum atomic E-state index is 13.8. The lowest BCUT2D eigenvalue weighted by Gasteiger charge is -2.23. The van der Waals surface area contributed by atoms with E-state index in [-0.39, 0.29) is 18.2 Å². The number of alkyl halides is 1. The predicted molar refractivity (Wildman–Crippen MR) is 87.3 cm³/mol. The molecule has 8 heteroatoms. The molecule has 0 radical (unpaired) electrons. The van der Waals surface area contributed by atoms with Crippen LogP contribution in [0.4, 0.5) is 9.18 Å². The van der Waals surface area contributed by atoms with Crippen LogP contribution in [-0.4, -0.2) is 65.3 Å². The van der Waals surface area contributed by atoms with Gasteiger partial charge in [-0.15, -0.1) is 0 Å². The van der Waals surface area contributed by atoms with E-state index in [4.69, 9.17) is 4.74 Å². The Kier molecular flexibility index (Phi) is 5.68. The molecular formula is C16H26FN5O2. The number of rotatable bonds is 6. The van der Waals surface area contributed by atoms with E-state index in [0.717, 1.165) is 25.0 Å². The second-order valence-corrected chi connectivity index (χ2v) is 6.66. The topological polar surface area (TPSA) is 71.4 Å². The van der Waals surface area contributed by atoms with Gasteiger partial charge in [-0.3, -0.25) is 9.58 Å². The molecule has 7 nitrogen and oxygen atoms in total. The minimum Gasteiger partial charge on any atom is -0.376 e. The number of aryl methyl sites for hydroxylation is 1. The second-order valence-electron chi connectivity index (χ2n) is 6.66. The van der Waals surface area contributed by atoms with Gasteiger partial charge in [0.15, 0.2) is 0 Å². The Labute approximate surface area is 141 Å². The van der Waals surface area contributed by atoms with Crippen molar-refractivity contribution in [2.24, 2.45) is 7.05 Å². The van der Waals surface area contributed by atoms with Gasteiger partial charge in [0, 0.05) is 57.6 Å². The van der Waals surface area contributed by atoms with Crippen molar-refractivity contribution in [1.29, 1.82) is 0 Å². The lowest BCUT2D eigenvalue weighted by molar-refractivity contribution is 0.111. The van der Waals surface area contributed by atoms with E-state index in [2.05, 4.69) is 20.6 Å². The molecule has 2 N–H and O–H groups in total. The molecule has 3 heterocycles. The lowest BCUT2D eigenvalue weighted by Crippen LogP contribution is -2.45. The fourth-order valence-corrected chi connectivity index (χ4v) is 3.40. The number of nitrogens with zero attached hydrogens (tertiary/aromatic N) is 3. The normalized spacial score (nSPS) is 27.5. The van der Waals surface area contributed by atoms with Gasteiger partial charge in [0.1, 0.15) is 6.17 Å². The molecule has 0 aromatic carbocycles. The van der Waals surface area contributed by atoms with Gasteiger partial charge in [-0.1, -0.05) is 0 Å². The third kappa shape index (κ3) is 4.67. The van der Waals surface area contributed by atoms with E-state index in [9.17, 15) is 9.18 Å². The average molecular weight is 339 g/mol. The van der Waals surface area contributed by atoms with Crippen LogP contribution in [0.5, 0.6) is 0 Å². The summed E-state index contributed by atoms with van der Waals surface area (Å²) < 4.78 is 21.0. The molecule has 0 aliphatic carbocycles. The molecule has 2 aliphatic rings. The first-order chi connectivity index (χ1) is 11.6. The van der Waals surface area contributed by atoms with Crippen LogP contribution < -0.4 is 10.6 Å². The number of hydrogen-bond acceptors (Lipinski definition) is 4. The quantitative estimate of drug-likeness (QED) is 0.805. The van der Waals surface area contributed by atoms with Gasteiger partial charge in [-0.2, -0.15) is 5.10 Å². The van der Waals surface area contributed by atoms with Crippen molar-refractivity contribution in [1.82, 2.24) is 25.3 Å². The largest absolute Gasteiger partial charge is 0.376 e. The maximum absolute atomic E-state index is 13.8. The summed E-state index contributed by atoms with van der Waals surface area (Å²) in [5.74, 6) is 0. The number of halogens is 1. The Balaban J connectivity index is 1.42. The van der Waals surface area contributed by atoms with Crippen LogP contribution in [0.15, 0.2) is 12.4 Å². The van der Waals surface area contributed by atoms with E-state index >= 15 is 0 Å². The van der Waals surface area contributed by atoms with Gasteiger partial charge in [-0.25, -0.2) is 9.18 Å². The number of likely N-dealkylation sites (tertiary alicyclic amines) is 1. The molecule has 3 rings (SSSR count). The van der Waals surface area contributed by atoms with Gasteiger partial charge in [-0.05, 0) is 19.3 Å². The summed E-state index contributed by atoms with van der Waals surface area (Å²) in [6.45, 7) is 2.80. The molecule has 1 aromatic rings. The monoisotopic (exact) mass is 339 g/mol. The highest BCUT2D eigenvalue weighted by molar-refractivity contribution is 5.73. The zero-order chi connectivity index (χ0) is 16.9. The van der Waals surface area contributed by atoms with Crippen molar-refractivity contribution in [3.8, 4) is 0 Å². The molecule has 2 aliphatic heterocycles. The Hall–Kier alpha value is -1.67. The molecule has 3 atom stereocenters. The minimum absolute atomic E-state index is 0.00804. The van der Waals surface area contributed by atoms with Crippen molar-refractivity contribution in [2.45, 2.75) is 44.1 Å². The molecule has 1 unspecified atom stereocenters. The Morgan fingerprint density at radius 1 is 1.46 bits per heavy atom. The molecule has 2 amide bonds. The van der Waals surface area contributed by atoms with Gasteiger partial charge in [0.25, 0.3) is 0 Å². The van der Waals surface area contributed by atoms with Crippen LogP contribution in [0.3, 0.4) is 0 Å². The summed E-state index contributed by atoms with van der Waals surface area (Å²) in [7, 11) is 1.86. The lowest BCUT2D eigenvalue weighted by atomic mass is 10.2. The van der Waals surface area contributed by atoms with E-state index in [1.165, 1.54) is 0 Å². The first-order valence-electron chi connectivity index (χ1n) is 8.59. The first kappa shape index (κ1) is 17.2. The summed E-state index contributed by atoms with van der Waals surface area (Å²) >= 11 is 0. The van der Waals surface area contributed by atoms with Crippen molar-refractivity contribution in [3.05, 3.63) is 18.0 Å². The van der Waals surface area contributed by atoms with E-state index in [0.29, 0.717) is 32.6 Å². The Morgan fingerprint density at radius 2 is 2.29 bits per heavy atom. The van der Waals surface area contributed by atoms with Crippen LogP contribution in [0.2, 0.25) is 0 Å². The summed E-state index contributed by atoms with van der Waals surface area (Å²) in [6.07, 6.45) is 5.51. The summed E-state index contributed by atoms with van der Waals surface area (Å²) in [6, 6.07) is -0.206. The van der Waals surface area contributed by atoms with Crippen LogP contribution in [-0.2, 0) is 18.3 Å². The molecule has 24 heavy (non-hydrogen) atoms. The fourth-order valence-electron chi connectivity index (χ4n) is 3.40. The number of nitrogens with one attached hydrogen (secondary N) is 2. The smallest absolute Gasteiger partial charge is 0.314 e.